The van der Waals surface area contributed by atoms with Crippen molar-refractivity contribution < 1.29 is 14.3 Å². The number of nitrogens with zero attached hydrogens (tertiary/aromatic N) is 1. The van der Waals surface area contributed by atoms with Gasteiger partial charge in [-0.15, -0.1) is 11.3 Å². The van der Waals surface area contributed by atoms with Gasteiger partial charge in [0.15, 0.2) is 16.6 Å². The summed E-state index contributed by atoms with van der Waals surface area (Å²) >= 11 is 7.56. The lowest BCUT2D eigenvalue weighted by Gasteiger charge is -2.09. The maximum atomic E-state index is 11.8. The third kappa shape index (κ3) is 3.58. The molecule has 0 radical (unpaired) electrons. The monoisotopic (exact) mass is 336 g/mol. The van der Waals surface area contributed by atoms with E-state index in [2.05, 4.69) is 10.3 Å². The van der Waals surface area contributed by atoms with Crippen LogP contribution in [-0.2, 0) is 4.79 Å². The molecule has 0 saturated heterocycles. The van der Waals surface area contributed by atoms with E-state index in [0.29, 0.717) is 34.9 Å². The Morgan fingerprint density at radius 1 is 1.36 bits per heavy atom. The summed E-state index contributed by atoms with van der Waals surface area (Å²) in [6, 6.07) is 3.54. The number of anilines is 1. The molecule has 1 aromatic heterocycles. The molecule has 0 atom stereocenters. The van der Waals surface area contributed by atoms with E-state index in [1.807, 2.05) is 0 Å². The van der Waals surface area contributed by atoms with Gasteiger partial charge in [-0.3, -0.25) is 10.1 Å². The van der Waals surface area contributed by atoms with E-state index in [1.165, 1.54) is 17.4 Å². The molecule has 0 saturated carbocycles. The molecule has 0 bridgehead atoms. The van der Waals surface area contributed by atoms with Crippen molar-refractivity contribution in [3.05, 3.63) is 40.4 Å². The minimum absolute atomic E-state index is 0.252. The summed E-state index contributed by atoms with van der Waals surface area (Å²) in [5, 5.41) is 5.50. The predicted octanol–water partition coefficient (Wildman–Crippen LogP) is 3.61. The normalized spacial score (nSPS) is 13.9. The molecule has 5 nitrogen and oxygen atoms in total. The fourth-order valence-corrected chi connectivity index (χ4v) is 2.76. The molecule has 3 rings (SSSR count). The highest BCUT2D eigenvalue weighted by atomic mass is 35.5. The van der Waals surface area contributed by atoms with Crippen LogP contribution in [-0.4, -0.2) is 24.1 Å². The number of fused-ring (bicyclic) bond motifs is 1. The van der Waals surface area contributed by atoms with E-state index in [9.17, 15) is 4.79 Å². The summed E-state index contributed by atoms with van der Waals surface area (Å²) in [7, 11) is 0. The van der Waals surface area contributed by atoms with Crippen LogP contribution in [0.15, 0.2) is 29.8 Å². The van der Waals surface area contributed by atoms with E-state index in [1.54, 1.807) is 29.8 Å². The molecule has 1 aliphatic heterocycles. The molecule has 114 valence electrons. The van der Waals surface area contributed by atoms with Crippen LogP contribution >= 0.6 is 22.9 Å². The summed E-state index contributed by atoms with van der Waals surface area (Å²) in [4.78, 5) is 15.8. The Bertz CT molecular complexity index is 701. The molecule has 1 aromatic carbocycles. The van der Waals surface area contributed by atoms with Crippen molar-refractivity contribution in [1.82, 2.24) is 4.98 Å². The summed E-state index contributed by atoms with van der Waals surface area (Å²) < 4.78 is 11.2. The number of rotatable bonds is 3. The zero-order valence-electron chi connectivity index (χ0n) is 11.5. The number of carbonyl (C=O) groups excluding carboxylic acids is 1. The van der Waals surface area contributed by atoms with Gasteiger partial charge in [-0.2, -0.15) is 0 Å². The van der Waals surface area contributed by atoms with Crippen LogP contribution in [0.4, 0.5) is 5.13 Å². The first-order chi connectivity index (χ1) is 10.7. The van der Waals surface area contributed by atoms with Crippen molar-refractivity contribution >= 4 is 40.1 Å². The van der Waals surface area contributed by atoms with Crippen LogP contribution < -0.4 is 14.8 Å². The highest BCUT2D eigenvalue weighted by molar-refractivity contribution is 7.13. The number of hydrogen-bond donors (Lipinski definition) is 1. The van der Waals surface area contributed by atoms with E-state index in [-0.39, 0.29) is 5.91 Å². The van der Waals surface area contributed by atoms with Crippen LogP contribution in [0.3, 0.4) is 0 Å². The van der Waals surface area contributed by atoms with Gasteiger partial charge in [-0.25, -0.2) is 4.98 Å². The lowest BCUT2D eigenvalue weighted by atomic mass is 10.2. The molecule has 0 spiro atoms. The molecule has 1 N–H and O–H groups in total. The molecule has 2 aromatic rings. The maximum Gasteiger partial charge on any atom is 0.250 e. The highest BCUT2D eigenvalue weighted by Crippen LogP contribution is 2.38. The van der Waals surface area contributed by atoms with Crippen LogP contribution in [0.25, 0.3) is 6.08 Å². The van der Waals surface area contributed by atoms with E-state index < -0.39 is 0 Å². The van der Waals surface area contributed by atoms with E-state index in [4.69, 9.17) is 21.1 Å². The number of halogens is 1. The number of carbonyl (C=O) groups is 1. The van der Waals surface area contributed by atoms with Gasteiger partial charge in [0.25, 0.3) is 0 Å². The quantitative estimate of drug-likeness (QED) is 0.870. The zero-order chi connectivity index (χ0) is 15.4. The van der Waals surface area contributed by atoms with Crippen molar-refractivity contribution in [2.75, 3.05) is 18.5 Å². The topological polar surface area (TPSA) is 60.5 Å². The average molecular weight is 337 g/mol. The molecule has 22 heavy (non-hydrogen) atoms. The summed E-state index contributed by atoms with van der Waals surface area (Å²) in [5.74, 6) is 0.909. The SMILES string of the molecule is O=C(C=Cc1cc(Cl)c2c(c1)OCCCO2)Nc1nccs1. The first-order valence-electron chi connectivity index (χ1n) is 6.70. The molecule has 2 heterocycles. The first-order valence-corrected chi connectivity index (χ1v) is 7.96. The number of benzene rings is 1. The molecule has 7 heteroatoms. The van der Waals surface area contributed by atoms with Crippen molar-refractivity contribution in [3.63, 3.8) is 0 Å². The lowest BCUT2D eigenvalue weighted by molar-refractivity contribution is -0.111. The largest absolute Gasteiger partial charge is 0.489 e. The van der Waals surface area contributed by atoms with Crippen LogP contribution in [0.1, 0.15) is 12.0 Å². The Morgan fingerprint density at radius 2 is 2.23 bits per heavy atom. The third-order valence-corrected chi connectivity index (χ3v) is 3.88. The molecule has 1 amide bonds. The third-order valence-electron chi connectivity index (χ3n) is 2.91. The second-order valence-electron chi connectivity index (χ2n) is 4.54. The Balaban J connectivity index is 1.74. The van der Waals surface area contributed by atoms with Gasteiger partial charge in [-0.05, 0) is 23.8 Å². The molecule has 0 aliphatic carbocycles. The van der Waals surface area contributed by atoms with E-state index in [0.717, 1.165) is 12.0 Å². The van der Waals surface area contributed by atoms with Gasteiger partial charge in [0, 0.05) is 24.1 Å². The Morgan fingerprint density at radius 3 is 3.05 bits per heavy atom. The number of nitrogens with one attached hydrogen (secondary N) is 1. The average Bonchev–Trinajstić information content (AvgIpc) is 2.88. The molecule has 1 aliphatic rings. The number of aromatic nitrogens is 1. The Labute approximate surface area is 136 Å². The van der Waals surface area contributed by atoms with Crippen LogP contribution in [0.5, 0.6) is 11.5 Å². The predicted molar refractivity (Wildman–Crippen MR) is 86.8 cm³/mol. The maximum absolute atomic E-state index is 11.8. The van der Waals surface area contributed by atoms with Crippen LogP contribution in [0.2, 0.25) is 5.02 Å². The number of ether oxygens (including phenoxy) is 2. The lowest BCUT2D eigenvalue weighted by Crippen LogP contribution is -2.07. The minimum Gasteiger partial charge on any atom is -0.489 e. The first kappa shape index (κ1) is 14.9. The fraction of sp³-hybridized carbons (Fsp3) is 0.200. The van der Waals surface area contributed by atoms with E-state index >= 15 is 0 Å². The van der Waals surface area contributed by atoms with Gasteiger partial charge in [0.2, 0.25) is 5.91 Å². The smallest absolute Gasteiger partial charge is 0.250 e. The van der Waals surface area contributed by atoms with Gasteiger partial charge >= 0.3 is 0 Å². The molecule has 0 unspecified atom stereocenters. The van der Waals surface area contributed by atoms with Crippen molar-refractivity contribution in [3.8, 4) is 11.5 Å². The van der Waals surface area contributed by atoms with Gasteiger partial charge in [0.1, 0.15) is 0 Å². The molecular formula is C15H13ClN2O3S. The standard InChI is InChI=1S/C15H13ClN2O3S/c16-11-8-10(9-12-14(11)21-6-1-5-20-12)2-3-13(19)18-15-17-4-7-22-15/h2-4,7-9H,1,5-6H2,(H,17,18,19). The number of thiazole rings is 1. The molecule has 0 fully saturated rings. The Hall–Kier alpha value is -2.05. The highest BCUT2D eigenvalue weighted by Gasteiger charge is 2.14. The second-order valence-corrected chi connectivity index (χ2v) is 5.84. The van der Waals surface area contributed by atoms with Crippen molar-refractivity contribution in [2.24, 2.45) is 0 Å². The summed E-state index contributed by atoms with van der Waals surface area (Å²) in [6.07, 6.45) is 5.54. The van der Waals surface area contributed by atoms with Gasteiger partial charge < -0.3 is 9.47 Å². The van der Waals surface area contributed by atoms with Crippen LogP contribution in [0, 0.1) is 0 Å². The summed E-state index contributed by atoms with van der Waals surface area (Å²) in [5.41, 5.74) is 0.767. The summed E-state index contributed by atoms with van der Waals surface area (Å²) in [6.45, 7) is 1.17. The Kier molecular flexibility index (Phi) is 4.60. The number of hydrogen-bond acceptors (Lipinski definition) is 5. The van der Waals surface area contributed by atoms with Gasteiger partial charge in [-0.1, -0.05) is 11.6 Å². The fourth-order valence-electron chi connectivity index (χ4n) is 1.95. The van der Waals surface area contributed by atoms with Crippen molar-refractivity contribution in [2.45, 2.75) is 6.42 Å². The van der Waals surface area contributed by atoms with Crippen molar-refractivity contribution in [1.29, 1.82) is 0 Å². The van der Waals surface area contributed by atoms with Gasteiger partial charge in [0.05, 0.1) is 18.2 Å². The number of amides is 1. The zero-order valence-corrected chi connectivity index (χ0v) is 13.1. The minimum atomic E-state index is -0.252. The second kappa shape index (κ2) is 6.81. The molecular weight excluding hydrogens is 324 g/mol.